The van der Waals surface area contributed by atoms with E-state index in [9.17, 15) is 0 Å². The first-order valence-electron chi connectivity index (χ1n) is 5.51. The Morgan fingerprint density at radius 1 is 0.688 bits per heavy atom. The van der Waals surface area contributed by atoms with Gasteiger partial charge >= 0.3 is 0 Å². The predicted octanol–water partition coefficient (Wildman–Crippen LogP) is 2.66. The number of hydrogen-bond donors (Lipinski definition) is 1. The molecule has 2 aromatic carbocycles. The third kappa shape index (κ3) is 1.52. The number of hydrogen-bond acceptors (Lipinski definition) is 2. The molecule has 2 heteroatoms. The maximum absolute atomic E-state index is 6.01. The van der Waals surface area contributed by atoms with Crippen LogP contribution in [0.3, 0.4) is 0 Å². The van der Waals surface area contributed by atoms with E-state index in [-0.39, 0.29) is 0 Å². The normalized spacial score (nSPS) is 27.7. The highest BCUT2D eigenvalue weighted by molar-refractivity contribution is 5.33. The van der Waals surface area contributed by atoms with E-state index in [0.29, 0.717) is 12.1 Å². The number of nitrogens with two attached hydrogens (primary N) is 1. The molecule has 0 aromatic heterocycles. The molecule has 2 N–H and O–H groups in total. The van der Waals surface area contributed by atoms with E-state index < -0.39 is 0 Å². The van der Waals surface area contributed by atoms with Gasteiger partial charge in [-0.1, -0.05) is 60.7 Å². The highest BCUT2D eigenvalue weighted by Crippen LogP contribution is 2.51. The van der Waals surface area contributed by atoms with Gasteiger partial charge in [-0.25, -0.2) is 5.01 Å². The summed E-state index contributed by atoms with van der Waals surface area (Å²) in [6, 6.07) is 21.5. The first-order valence-corrected chi connectivity index (χ1v) is 5.51. The van der Waals surface area contributed by atoms with Gasteiger partial charge in [0.15, 0.2) is 0 Å². The molecule has 16 heavy (non-hydrogen) atoms. The quantitative estimate of drug-likeness (QED) is 0.610. The topological polar surface area (TPSA) is 29.0 Å². The van der Waals surface area contributed by atoms with E-state index in [1.807, 2.05) is 17.1 Å². The Morgan fingerprint density at radius 3 is 1.44 bits per heavy atom. The van der Waals surface area contributed by atoms with Gasteiger partial charge < -0.3 is 0 Å². The Morgan fingerprint density at radius 2 is 1.06 bits per heavy atom. The van der Waals surface area contributed by atoms with Crippen molar-refractivity contribution in [3.05, 3.63) is 71.8 Å². The van der Waals surface area contributed by atoms with Crippen LogP contribution >= 0.6 is 0 Å². The van der Waals surface area contributed by atoms with Crippen LogP contribution in [0, 0.1) is 0 Å². The fourth-order valence-electron chi connectivity index (χ4n) is 2.26. The van der Waals surface area contributed by atoms with Crippen LogP contribution in [0.2, 0.25) is 0 Å². The van der Waals surface area contributed by atoms with Gasteiger partial charge in [0.25, 0.3) is 0 Å². The van der Waals surface area contributed by atoms with E-state index in [4.69, 9.17) is 5.84 Å². The van der Waals surface area contributed by atoms with Crippen LogP contribution in [0.15, 0.2) is 60.7 Å². The van der Waals surface area contributed by atoms with Crippen LogP contribution in [0.1, 0.15) is 23.2 Å². The number of nitrogens with zero attached hydrogens (tertiary/aromatic N) is 1. The maximum Gasteiger partial charge on any atom is 0.0709 e. The average Bonchev–Trinajstić information content (AvgIpc) is 3.03. The monoisotopic (exact) mass is 210 g/mol. The summed E-state index contributed by atoms with van der Waals surface area (Å²) in [6.07, 6.45) is 0. The molecule has 3 rings (SSSR count). The summed E-state index contributed by atoms with van der Waals surface area (Å²) in [7, 11) is 0. The zero-order chi connectivity index (χ0) is 11.0. The lowest BCUT2D eigenvalue weighted by atomic mass is 10.0. The second-order valence-electron chi connectivity index (χ2n) is 4.16. The van der Waals surface area contributed by atoms with Gasteiger partial charge in [-0.05, 0) is 11.1 Å². The molecule has 1 heterocycles. The van der Waals surface area contributed by atoms with Crippen LogP contribution in [-0.2, 0) is 0 Å². The van der Waals surface area contributed by atoms with Gasteiger partial charge in [0.2, 0.25) is 0 Å². The van der Waals surface area contributed by atoms with E-state index >= 15 is 0 Å². The molecule has 0 aliphatic carbocycles. The van der Waals surface area contributed by atoms with Crippen LogP contribution in [0.25, 0.3) is 0 Å². The van der Waals surface area contributed by atoms with Crippen molar-refractivity contribution < 1.29 is 0 Å². The van der Waals surface area contributed by atoms with Crippen molar-refractivity contribution in [3.8, 4) is 0 Å². The molecule has 2 aromatic rings. The standard InChI is InChI=1S/C14H14N2/c15-16-13(11-7-3-1-4-8-11)14(16)12-9-5-2-6-10-12/h1-10,13-14H,15H2/t13-,14-/m0/s1. The Kier molecular flexibility index (Phi) is 2.24. The van der Waals surface area contributed by atoms with E-state index in [0.717, 1.165) is 0 Å². The zero-order valence-electron chi connectivity index (χ0n) is 8.95. The molecule has 1 saturated heterocycles. The Labute approximate surface area is 95.3 Å². The lowest BCUT2D eigenvalue weighted by Gasteiger charge is -1.97. The first kappa shape index (κ1) is 9.58. The summed E-state index contributed by atoms with van der Waals surface area (Å²) in [5.41, 5.74) is 2.58. The second kappa shape index (κ2) is 3.74. The highest BCUT2D eigenvalue weighted by Gasteiger charge is 2.47. The molecule has 0 saturated carbocycles. The largest absolute Gasteiger partial charge is 0.268 e. The first-order chi connectivity index (χ1) is 7.88. The van der Waals surface area contributed by atoms with Crippen LogP contribution < -0.4 is 5.84 Å². The van der Waals surface area contributed by atoms with Crippen molar-refractivity contribution in [3.63, 3.8) is 0 Å². The van der Waals surface area contributed by atoms with E-state index in [1.165, 1.54) is 11.1 Å². The lowest BCUT2D eigenvalue weighted by Crippen LogP contribution is -2.07. The van der Waals surface area contributed by atoms with Gasteiger partial charge in [-0.2, -0.15) is 0 Å². The molecule has 1 aliphatic rings. The van der Waals surface area contributed by atoms with Gasteiger partial charge in [0, 0.05) is 0 Å². The minimum absolute atomic E-state index is 0.337. The van der Waals surface area contributed by atoms with E-state index in [2.05, 4.69) is 48.5 Å². The fourth-order valence-corrected chi connectivity index (χ4v) is 2.26. The summed E-state index contributed by atoms with van der Waals surface area (Å²) in [5, 5.41) is 1.91. The van der Waals surface area contributed by atoms with Crippen molar-refractivity contribution in [2.75, 3.05) is 0 Å². The third-order valence-electron chi connectivity index (χ3n) is 3.13. The number of rotatable bonds is 2. The third-order valence-corrected chi connectivity index (χ3v) is 3.13. The molecule has 0 spiro atoms. The second-order valence-corrected chi connectivity index (χ2v) is 4.16. The van der Waals surface area contributed by atoms with Crippen molar-refractivity contribution >= 4 is 0 Å². The molecule has 0 bridgehead atoms. The fraction of sp³-hybridized carbons (Fsp3) is 0.143. The molecular weight excluding hydrogens is 196 g/mol. The van der Waals surface area contributed by atoms with Crippen LogP contribution in [-0.4, -0.2) is 5.01 Å². The molecule has 2 nitrogen and oxygen atoms in total. The zero-order valence-corrected chi connectivity index (χ0v) is 8.95. The molecule has 0 radical (unpaired) electrons. The molecular formula is C14H14N2. The molecule has 80 valence electrons. The van der Waals surface area contributed by atoms with E-state index in [1.54, 1.807) is 0 Å². The molecule has 0 unspecified atom stereocenters. The summed E-state index contributed by atoms with van der Waals surface area (Å²) < 4.78 is 0. The number of hydrazine groups is 1. The Hall–Kier alpha value is -1.64. The van der Waals surface area contributed by atoms with Crippen molar-refractivity contribution in [1.82, 2.24) is 5.01 Å². The van der Waals surface area contributed by atoms with Crippen LogP contribution in [0.4, 0.5) is 0 Å². The van der Waals surface area contributed by atoms with Gasteiger partial charge in [-0.15, -0.1) is 0 Å². The SMILES string of the molecule is NN1[C@@H](c2ccccc2)[C@@H]1c1ccccc1. The smallest absolute Gasteiger partial charge is 0.0709 e. The van der Waals surface area contributed by atoms with Gasteiger partial charge in [0.05, 0.1) is 12.1 Å². The van der Waals surface area contributed by atoms with Crippen molar-refractivity contribution in [2.45, 2.75) is 12.1 Å². The predicted molar refractivity (Wildman–Crippen MR) is 64.4 cm³/mol. The summed E-state index contributed by atoms with van der Waals surface area (Å²) in [4.78, 5) is 0. The lowest BCUT2D eigenvalue weighted by molar-refractivity contribution is 0.516. The number of benzene rings is 2. The summed E-state index contributed by atoms with van der Waals surface area (Å²) in [6.45, 7) is 0. The molecule has 1 fully saturated rings. The van der Waals surface area contributed by atoms with Crippen molar-refractivity contribution in [1.29, 1.82) is 0 Å². The van der Waals surface area contributed by atoms with Crippen molar-refractivity contribution in [2.24, 2.45) is 5.84 Å². The van der Waals surface area contributed by atoms with Gasteiger partial charge in [0.1, 0.15) is 0 Å². The molecule has 0 amide bonds. The molecule has 2 atom stereocenters. The summed E-state index contributed by atoms with van der Waals surface area (Å²) in [5.74, 6) is 6.01. The molecule has 1 aliphatic heterocycles. The minimum atomic E-state index is 0.337. The Balaban J connectivity index is 1.87. The minimum Gasteiger partial charge on any atom is -0.268 e. The maximum atomic E-state index is 6.01. The summed E-state index contributed by atoms with van der Waals surface area (Å²) >= 11 is 0. The van der Waals surface area contributed by atoms with Gasteiger partial charge in [-0.3, -0.25) is 5.84 Å². The van der Waals surface area contributed by atoms with Crippen LogP contribution in [0.5, 0.6) is 0 Å². The Bertz CT molecular complexity index is 421. The average molecular weight is 210 g/mol. The highest BCUT2D eigenvalue weighted by atomic mass is 15.6.